The quantitative estimate of drug-likeness (QED) is 0.803. The van der Waals surface area contributed by atoms with Crippen molar-refractivity contribution in [2.45, 2.75) is 52.5 Å². The van der Waals surface area contributed by atoms with Crippen molar-refractivity contribution >= 4 is 11.9 Å². The Kier molecular flexibility index (Phi) is 7.34. The average Bonchev–Trinajstić information content (AvgIpc) is 3.11. The molecule has 138 valence electrons. The van der Waals surface area contributed by atoms with Crippen LogP contribution in [-0.2, 0) is 4.79 Å². The highest BCUT2D eigenvalue weighted by Gasteiger charge is 2.38. The van der Waals surface area contributed by atoms with Crippen molar-refractivity contribution in [1.82, 2.24) is 20.0 Å². The lowest BCUT2D eigenvalue weighted by Gasteiger charge is -2.42. The van der Waals surface area contributed by atoms with Crippen LogP contribution in [0.25, 0.3) is 0 Å². The number of nitrogens with one attached hydrogen (secondary N) is 1. The highest BCUT2D eigenvalue weighted by molar-refractivity contribution is 5.82. The SMILES string of the molecule is CCNC(=O)N1CCN(C(C(=O)N(CC)CC)C2CCCC2)CC1. The third-order valence-corrected chi connectivity index (χ3v) is 5.50. The van der Waals surface area contributed by atoms with Crippen LogP contribution in [0.1, 0.15) is 46.5 Å². The van der Waals surface area contributed by atoms with E-state index in [4.69, 9.17) is 0 Å². The molecular formula is C18H34N4O2. The summed E-state index contributed by atoms with van der Waals surface area (Å²) < 4.78 is 0. The highest BCUT2D eigenvalue weighted by Crippen LogP contribution is 2.32. The number of hydrogen-bond donors (Lipinski definition) is 1. The zero-order valence-electron chi connectivity index (χ0n) is 15.6. The molecule has 6 heteroatoms. The first kappa shape index (κ1) is 19.0. The fourth-order valence-electron chi connectivity index (χ4n) is 4.12. The Labute approximate surface area is 146 Å². The van der Waals surface area contributed by atoms with Gasteiger partial charge in [-0.3, -0.25) is 9.69 Å². The molecule has 2 rings (SSSR count). The second kappa shape index (κ2) is 9.25. The second-order valence-corrected chi connectivity index (χ2v) is 6.86. The van der Waals surface area contributed by atoms with E-state index in [0.29, 0.717) is 31.5 Å². The van der Waals surface area contributed by atoms with Crippen molar-refractivity contribution in [3.05, 3.63) is 0 Å². The lowest BCUT2D eigenvalue weighted by atomic mass is 9.94. The van der Waals surface area contributed by atoms with Crippen molar-refractivity contribution in [3.8, 4) is 0 Å². The second-order valence-electron chi connectivity index (χ2n) is 6.86. The van der Waals surface area contributed by atoms with Crippen LogP contribution in [0.3, 0.4) is 0 Å². The van der Waals surface area contributed by atoms with Crippen LogP contribution < -0.4 is 5.32 Å². The van der Waals surface area contributed by atoms with Gasteiger partial charge in [0.25, 0.3) is 0 Å². The molecule has 1 saturated carbocycles. The van der Waals surface area contributed by atoms with Gasteiger partial charge < -0.3 is 15.1 Å². The molecule has 3 amide bonds. The molecule has 24 heavy (non-hydrogen) atoms. The molecule has 2 fully saturated rings. The highest BCUT2D eigenvalue weighted by atomic mass is 16.2. The Morgan fingerprint density at radius 3 is 2.12 bits per heavy atom. The zero-order valence-corrected chi connectivity index (χ0v) is 15.6. The van der Waals surface area contributed by atoms with Crippen LogP contribution in [0, 0.1) is 5.92 Å². The lowest BCUT2D eigenvalue weighted by molar-refractivity contribution is -0.139. The Bertz CT molecular complexity index is 411. The Balaban J connectivity index is 2.03. The number of urea groups is 1. The standard InChI is InChI=1S/C18H34N4O2/c1-4-19-18(24)22-13-11-21(12-14-22)16(15-9-7-8-10-15)17(23)20(5-2)6-3/h15-16H,4-14H2,1-3H3,(H,19,24). The van der Waals surface area contributed by atoms with Gasteiger partial charge >= 0.3 is 6.03 Å². The molecule has 1 aliphatic heterocycles. The predicted octanol–water partition coefficient (Wildman–Crippen LogP) is 1.76. The van der Waals surface area contributed by atoms with E-state index in [2.05, 4.69) is 24.1 Å². The van der Waals surface area contributed by atoms with Crippen molar-refractivity contribution in [3.63, 3.8) is 0 Å². The first-order valence-electron chi connectivity index (χ1n) is 9.67. The van der Waals surface area contributed by atoms with Crippen LogP contribution in [0.4, 0.5) is 4.79 Å². The molecule has 0 aromatic carbocycles. The molecule has 1 N–H and O–H groups in total. The first-order valence-corrected chi connectivity index (χ1v) is 9.67. The molecule has 1 saturated heterocycles. The van der Waals surface area contributed by atoms with Gasteiger partial charge in [-0.25, -0.2) is 4.79 Å². The van der Waals surface area contributed by atoms with E-state index in [0.717, 1.165) is 39.0 Å². The first-order chi connectivity index (χ1) is 11.6. The number of nitrogens with zero attached hydrogens (tertiary/aromatic N) is 3. The Morgan fingerprint density at radius 1 is 1.04 bits per heavy atom. The van der Waals surface area contributed by atoms with E-state index in [1.807, 2.05) is 16.7 Å². The van der Waals surface area contributed by atoms with Crippen LogP contribution in [0.5, 0.6) is 0 Å². The number of carbonyl (C=O) groups excluding carboxylic acids is 2. The van der Waals surface area contributed by atoms with Gasteiger partial charge in [-0.05, 0) is 39.5 Å². The van der Waals surface area contributed by atoms with Crippen LogP contribution in [-0.4, -0.2) is 78.5 Å². The number of rotatable bonds is 6. The normalized spacial score (nSPS) is 20.9. The number of amides is 3. The van der Waals surface area contributed by atoms with E-state index < -0.39 is 0 Å². The molecule has 1 atom stereocenters. The van der Waals surface area contributed by atoms with Crippen LogP contribution in [0.2, 0.25) is 0 Å². The number of hydrogen-bond acceptors (Lipinski definition) is 3. The van der Waals surface area contributed by atoms with Gasteiger partial charge in [-0.1, -0.05) is 12.8 Å². The van der Waals surface area contributed by atoms with Crippen molar-refractivity contribution < 1.29 is 9.59 Å². The molecule has 1 heterocycles. The summed E-state index contributed by atoms with van der Waals surface area (Å²) in [5.74, 6) is 0.771. The Hall–Kier alpha value is -1.30. The fourth-order valence-corrected chi connectivity index (χ4v) is 4.12. The van der Waals surface area contributed by atoms with E-state index in [-0.39, 0.29) is 12.1 Å². The molecule has 1 aliphatic carbocycles. The van der Waals surface area contributed by atoms with Gasteiger partial charge in [0.05, 0.1) is 6.04 Å². The zero-order chi connectivity index (χ0) is 17.5. The van der Waals surface area contributed by atoms with Gasteiger partial charge in [-0.15, -0.1) is 0 Å². The van der Waals surface area contributed by atoms with Gasteiger partial charge in [0.1, 0.15) is 0 Å². The van der Waals surface area contributed by atoms with Crippen molar-refractivity contribution in [2.75, 3.05) is 45.8 Å². The minimum absolute atomic E-state index is 0.00351. The lowest BCUT2D eigenvalue weighted by Crippen LogP contribution is -2.59. The molecule has 0 radical (unpaired) electrons. The minimum atomic E-state index is 0.00351. The molecule has 0 aromatic heterocycles. The van der Waals surface area contributed by atoms with E-state index >= 15 is 0 Å². The summed E-state index contributed by atoms with van der Waals surface area (Å²) in [5, 5.41) is 2.87. The van der Waals surface area contributed by atoms with Crippen molar-refractivity contribution in [1.29, 1.82) is 0 Å². The predicted molar refractivity (Wildman–Crippen MR) is 95.9 cm³/mol. The summed E-state index contributed by atoms with van der Waals surface area (Å²) >= 11 is 0. The molecule has 2 aliphatic rings. The molecular weight excluding hydrogens is 304 g/mol. The summed E-state index contributed by atoms with van der Waals surface area (Å²) in [6, 6.07) is 0.0217. The Morgan fingerprint density at radius 2 is 1.62 bits per heavy atom. The maximum absolute atomic E-state index is 13.1. The van der Waals surface area contributed by atoms with Gasteiger partial charge in [0.15, 0.2) is 0 Å². The van der Waals surface area contributed by atoms with E-state index in [1.54, 1.807) is 0 Å². The molecule has 0 bridgehead atoms. The number of carbonyl (C=O) groups is 2. The van der Waals surface area contributed by atoms with Gasteiger partial charge in [-0.2, -0.15) is 0 Å². The van der Waals surface area contributed by atoms with Gasteiger partial charge in [0.2, 0.25) is 5.91 Å². The molecule has 6 nitrogen and oxygen atoms in total. The fraction of sp³-hybridized carbons (Fsp3) is 0.889. The smallest absolute Gasteiger partial charge is 0.317 e. The largest absolute Gasteiger partial charge is 0.342 e. The maximum Gasteiger partial charge on any atom is 0.317 e. The minimum Gasteiger partial charge on any atom is -0.342 e. The monoisotopic (exact) mass is 338 g/mol. The topological polar surface area (TPSA) is 55.9 Å². The summed E-state index contributed by atoms with van der Waals surface area (Å²) in [5.41, 5.74) is 0. The van der Waals surface area contributed by atoms with E-state index in [1.165, 1.54) is 12.8 Å². The van der Waals surface area contributed by atoms with Gasteiger partial charge in [0, 0.05) is 45.8 Å². The van der Waals surface area contributed by atoms with Crippen LogP contribution >= 0.6 is 0 Å². The molecule has 1 unspecified atom stereocenters. The summed E-state index contributed by atoms with van der Waals surface area (Å²) in [6.07, 6.45) is 4.81. The van der Waals surface area contributed by atoms with E-state index in [9.17, 15) is 9.59 Å². The third-order valence-electron chi connectivity index (χ3n) is 5.50. The molecule has 0 spiro atoms. The summed E-state index contributed by atoms with van der Waals surface area (Å²) in [6.45, 7) is 11.3. The molecule has 0 aromatic rings. The van der Waals surface area contributed by atoms with Crippen molar-refractivity contribution in [2.24, 2.45) is 5.92 Å². The summed E-state index contributed by atoms with van der Waals surface area (Å²) in [4.78, 5) is 31.3. The van der Waals surface area contributed by atoms with Crippen LogP contribution in [0.15, 0.2) is 0 Å². The average molecular weight is 338 g/mol. The number of piperazine rings is 1. The third kappa shape index (κ3) is 4.41. The summed E-state index contributed by atoms with van der Waals surface area (Å²) in [7, 11) is 0. The maximum atomic E-state index is 13.1. The number of likely N-dealkylation sites (N-methyl/N-ethyl adjacent to an activating group) is 1.